The van der Waals surface area contributed by atoms with Gasteiger partial charge in [-0.3, -0.25) is 4.57 Å². The van der Waals surface area contributed by atoms with Crippen LogP contribution in [-0.4, -0.2) is 16.2 Å². The quantitative estimate of drug-likeness (QED) is 0.161. The summed E-state index contributed by atoms with van der Waals surface area (Å²) in [6.45, 7) is 14.4. The second kappa shape index (κ2) is 15.0. The van der Waals surface area contributed by atoms with E-state index in [9.17, 15) is 5.48 Å². The molecule has 0 radical (unpaired) electrons. The van der Waals surface area contributed by atoms with Gasteiger partial charge < -0.3 is 14.5 Å². The zero-order chi connectivity index (χ0) is 45.5. The van der Waals surface area contributed by atoms with Crippen molar-refractivity contribution < 1.29 is 10.2 Å². The van der Waals surface area contributed by atoms with Gasteiger partial charge in [-0.05, 0) is 100 Å². The number of rotatable bonds is 7. The fraction of sp³-hybridized carbons (Fsp3) is 0.268. The molecule has 8 aromatic rings. The molecule has 2 aromatic heterocycles. The highest BCUT2D eigenvalue weighted by molar-refractivity contribution is 6.09. The molecule has 2 aliphatic rings. The maximum atomic E-state index is 9.50. The summed E-state index contributed by atoms with van der Waals surface area (Å²) < 4.78 is 46.9. The summed E-state index contributed by atoms with van der Waals surface area (Å²) in [6.07, 6.45) is -1.06. The van der Waals surface area contributed by atoms with E-state index >= 15 is 0 Å². The fourth-order valence-electron chi connectivity index (χ4n) is 9.52. The summed E-state index contributed by atoms with van der Waals surface area (Å²) in [5.74, 6) is 1.95. The lowest BCUT2D eigenvalue weighted by Gasteiger charge is -2.38. The molecule has 0 atom stereocenters. The zero-order valence-corrected chi connectivity index (χ0v) is 36.0. The molecule has 0 N–H and O–H groups in total. The topological polar surface area (TPSA) is 33.5 Å². The maximum absolute atomic E-state index is 9.50. The molecule has 5 nitrogen and oxygen atoms in total. The summed E-state index contributed by atoms with van der Waals surface area (Å²) in [5.41, 5.74) is 8.55. The fourth-order valence-corrected chi connectivity index (χ4v) is 9.52. The van der Waals surface area contributed by atoms with Gasteiger partial charge in [-0.25, -0.2) is 4.98 Å². The van der Waals surface area contributed by atoms with Crippen molar-refractivity contribution in [1.29, 1.82) is 0 Å². The average molecular weight is 805 g/mol. The van der Waals surface area contributed by atoms with Crippen LogP contribution in [0.2, 0.25) is 0 Å². The molecule has 0 unspecified atom stereocenters. The van der Waals surface area contributed by atoms with Crippen LogP contribution < -0.4 is 14.5 Å². The van der Waals surface area contributed by atoms with Crippen LogP contribution in [0.1, 0.15) is 101 Å². The first-order valence-corrected chi connectivity index (χ1v) is 21.6. The van der Waals surface area contributed by atoms with Gasteiger partial charge in [-0.15, -0.1) is 0 Å². The minimum Gasteiger partial charge on any atom is -0.457 e. The molecular formula is C56H56N4O. The molecule has 0 saturated heterocycles. The first kappa shape index (κ1) is 34.4. The Morgan fingerprint density at radius 1 is 0.557 bits per heavy atom. The maximum Gasteiger partial charge on any atom is 0.137 e. The predicted octanol–water partition coefficient (Wildman–Crippen LogP) is 15.1. The average Bonchev–Trinajstić information content (AvgIpc) is 3.82. The van der Waals surface area contributed by atoms with E-state index in [1.54, 1.807) is 12.3 Å². The molecule has 306 valence electrons. The summed E-state index contributed by atoms with van der Waals surface area (Å²) in [7, 11) is 0. The largest absolute Gasteiger partial charge is 0.457 e. The molecule has 1 aliphatic heterocycles. The highest BCUT2D eigenvalue weighted by atomic mass is 16.5. The number of hydrogen-bond donors (Lipinski definition) is 0. The Morgan fingerprint density at radius 2 is 1.20 bits per heavy atom. The Balaban J connectivity index is 1.05. The number of nitrogens with zero attached hydrogens (tertiary/aromatic N) is 4. The number of ether oxygens (including phenoxy) is 1. The van der Waals surface area contributed by atoms with Crippen molar-refractivity contribution in [2.45, 2.75) is 89.8 Å². The lowest BCUT2D eigenvalue weighted by atomic mass is 9.65. The summed E-state index contributed by atoms with van der Waals surface area (Å²) in [5, 5.41) is 2.07. The number of fused-ring (bicyclic) bond motifs is 4. The van der Waals surface area contributed by atoms with E-state index in [1.807, 2.05) is 66.7 Å². The molecule has 10 rings (SSSR count). The number of benzene rings is 6. The molecular weight excluding hydrogens is 745 g/mol. The van der Waals surface area contributed by atoms with Crippen LogP contribution in [0.5, 0.6) is 11.5 Å². The minimum absolute atomic E-state index is 0.0658. The molecule has 6 aromatic carbocycles. The summed E-state index contributed by atoms with van der Waals surface area (Å²) in [4.78, 5) is 9.77. The molecule has 1 aliphatic carbocycles. The minimum atomic E-state index is -1.87. The smallest absolute Gasteiger partial charge is 0.137 e. The van der Waals surface area contributed by atoms with Crippen molar-refractivity contribution >= 4 is 44.6 Å². The molecule has 1 fully saturated rings. The van der Waals surface area contributed by atoms with Crippen LogP contribution in [0.15, 0.2) is 158 Å². The van der Waals surface area contributed by atoms with E-state index in [0.717, 1.165) is 33.2 Å². The monoisotopic (exact) mass is 804 g/mol. The standard InChI is InChI=1S/C56H56N4O/c1-54(2,3)46-24-18-25-47(55(4,5)6)53(46)59-38-58(49-27-13-14-28-50(49)59)41-21-17-22-42(36-41)61-43-29-30-45-44-23-11-12-26-48(44)60(51(45)37-43)52-35-40(31-34-57-52)56(32-15-8-16-33-56)39-19-9-7-10-20-39/h7,9-14,17-31,34-37H,8,15-16,32-33,38H2,1-6H3/i32D2,33D2. The van der Waals surface area contributed by atoms with Crippen molar-refractivity contribution in [3.63, 3.8) is 0 Å². The van der Waals surface area contributed by atoms with Gasteiger partial charge in [-0.2, -0.15) is 0 Å². The van der Waals surface area contributed by atoms with Gasteiger partial charge >= 0.3 is 0 Å². The van der Waals surface area contributed by atoms with Gasteiger partial charge in [0, 0.05) is 45.7 Å². The van der Waals surface area contributed by atoms with Gasteiger partial charge in [0.25, 0.3) is 0 Å². The van der Waals surface area contributed by atoms with Crippen molar-refractivity contribution in [2.24, 2.45) is 0 Å². The number of aromatic nitrogens is 2. The van der Waals surface area contributed by atoms with Crippen molar-refractivity contribution in [2.75, 3.05) is 16.5 Å². The van der Waals surface area contributed by atoms with E-state index in [2.05, 4.69) is 135 Å². The van der Waals surface area contributed by atoms with E-state index < -0.39 is 18.2 Å². The third-order valence-corrected chi connectivity index (χ3v) is 12.4. The lowest BCUT2D eigenvalue weighted by molar-refractivity contribution is 0.345. The number of pyridine rings is 1. The number of hydrogen-bond acceptors (Lipinski definition) is 4. The van der Waals surface area contributed by atoms with E-state index in [1.165, 1.54) is 22.5 Å². The van der Waals surface area contributed by atoms with Gasteiger partial charge in [-0.1, -0.05) is 146 Å². The second-order valence-electron chi connectivity index (χ2n) is 18.5. The van der Waals surface area contributed by atoms with Crippen molar-refractivity contribution in [3.8, 4) is 17.3 Å². The van der Waals surface area contributed by atoms with Gasteiger partial charge in [0.2, 0.25) is 0 Å². The molecule has 0 bridgehead atoms. The molecule has 3 heterocycles. The SMILES string of the molecule is [2H]C1([2H])CCCC([2H])([2H])C1(c1ccccc1)c1ccnc(-n2c3ccccc3c3ccc(Oc4cccc(N5CN(c6c(C(C)(C)C)cccc6C(C)(C)C)c6ccccc65)c4)cc32)c1. The molecule has 61 heavy (non-hydrogen) atoms. The van der Waals surface area contributed by atoms with Crippen molar-refractivity contribution in [3.05, 3.63) is 180 Å². The highest BCUT2D eigenvalue weighted by Crippen LogP contribution is 2.50. The number of anilines is 4. The lowest BCUT2D eigenvalue weighted by Crippen LogP contribution is -2.30. The van der Waals surface area contributed by atoms with Crippen LogP contribution in [0.25, 0.3) is 27.6 Å². The third-order valence-electron chi connectivity index (χ3n) is 12.4. The van der Waals surface area contributed by atoms with Crippen LogP contribution in [0.3, 0.4) is 0 Å². The van der Waals surface area contributed by atoms with Crippen LogP contribution in [0, 0.1) is 0 Å². The Bertz CT molecular complexity index is 3040. The number of para-hydroxylation sites is 4. The summed E-state index contributed by atoms with van der Waals surface area (Å²) in [6, 6.07) is 51.2. The zero-order valence-electron chi connectivity index (χ0n) is 40.0. The first-order chi connectivity index (χ1) is 31.0. The highest BCUT2D eigenvalue weighted by Gasteiger charge is 2.37. The normalized spacial score (nSPS) is 18.0. The van der Waals surface area contributed by atoms with E-state index in [4.69, 9.17) is 9.72 Å². The summed E-state index contributed by atoms with van der Waals surface area (Å²) >= 11 is 0. The van der Waals surface area contributed by atoms with Gasteiger partial charge in [0.15, 0.2) is 0 Å². The van der Waals surface area contributed by atoms with Gasteiger partial charge in [0.05, 0.1) is 28.1 Å². The molecule has 1 saturated carbocycles. The first-order valence-electron chi connectivity index (χ1n) is 23.6. The Kier molecular flexibility index (Phi) is 8.45. The third kappa shape index (κ3) is 6.85. The Labute approximate surface area is 366 Å². The molecule has 5 heteroatoms. The Hall–Kier alpha value is -6.33. The van der Waals surface area contributed by atoms with Crippen LogP contribution >= 0.6 is 0 Å². The van der Waals surface area contributed by atoms with Crippen molar-refractivity contribution in [1.82, 2.24) is 9.55 Å². The molecule has 0 spiro atoms. The van der Waals surface area contributed by atoms with Crippen LogP contribution in [-0.2, 0) is 16.2 Å². The predicted molar refractivity (Wildman–Crippen MR) is 255 cm³/mol. The second-order valence-corrected chi connectivity index (χ2v) is 18.5. The van der Waals surface area contributed by atoms with E-state index in [-0.39, 0.29) is 23.7 Å². The molecule has 0 amide bonds. The van der Waals surface area contributed by atoms with Gasteiger partial charge in [0.1, 0.15) is 24.0 Å². The van der Waals surface area contributed by atoms with E-state index in [0.29, 0.717) is 41.5 Å². The van der Waals surface area contributed by atoms with Crippen LogP contribution in [0.4, 0.5) is 22.7 Å². The Morgan fingerprint density at radius 3 is 1.93 bits per heavy atom.